The van der Waals surface area contributed by atoms with E-state index in [0.717, 1.165) is 5.56 Å². The second-order valence-corrected chi connectivity index (χ2v) is 3.93. The highest BCUT2D eigenvalue weighted by Crippen LogP contribution is 2.24. The minimum absolute atomic E-state index is 0.213. The highest BCUT2D eigenvalue weighted by atomic mass is 35.5. The fourth-order valence-electron chi connectivity index (χ4n) is 1.47. The molecule has 4 N–H and O–H groups in total. The molecule has 0 aliphatic heterocycles. The van der Waals surface area contributed by atoms with E-state index >= 15 is 0 Å². The molecule has 88 valence electrons. The second-order valence-electron chi connectivity index (χ2n) is 3.50. The van der Waals surface area contributed by atoms with Gasteiger partial charge >= 0.3 is 0 Å². The van der Waals surface area contributed by atoms with Crippen LogP contribution in [0, 0.1) is 5.92 Å². The van der Waals surface area contributed by atoms with Gasteiger partial charge in [-0.3, -0.25) is 4.79 Å². The first-order valence-corrected chi connectivity index (χ1v) is 5.28. The zero-order valence-corrected chi connectivity index (χ0v) is 9.83. The minimum Gasteiger partial charge on any atom is -0.496 e. The summed E-state index contributed by atoms with van der Waals surface area (Å²) in [5, 5.41) is 0.594. The van der Waals surface area contributed by atoms with E-state index in [-0.39, 0.29) is 6.54 Å². The van der Waals surface area contributed by atoms with Crippen LogP contribution in [0.1, 0.15) is 5.56 Å². The molecule has 0 unspecified atom stereocenters. The summed E-state index contributed by atoms with van der Waals surface area (Å²) in [5.74, 6) is -0.124. The Morgan fingerprint density at radius 1 is 1.56 bits per heavy atom. The summed E-state index contributed by atoms with van der Waals surface area (Å²) >= 11 is 5.88. The molecule has 16 heavy (non-hydrogen) atoms. The molecule has 0 aliphatic rings. The summed E-state index contributed by atoms with van der Waals surface area (Å²) in [4.78, 5) is 11.1. The molecule has 0 spiro atoms. The van der Waals surface area contributed by atoms with Crippen LogP contribution in [-0.2, 0) is 11.2 Å². The van der Waals surface area contributed by atoms with Crippen molar-refractivity contribution in [3.8, 4) is 5.75 Å². The van der Waals surface area contributed by atoms with Crippen LogP contribution >= 0.6 is 11.6 Å². The van der Waals surface area contributed by atoms with Gasteiger partial charge in [-0.2, -0.15) is 0 Å². The number of halogens is 1. The van der Waals surface area contributed by atoms with E-state index in [4.69, 9.17) is 27.8 Å². The largest absolute Gasteiger partial charge is 0.496 e. The van der Waals surface area contributed by atoms with Crippen molar-refractivity contribution < 1.29 is 9.53 Å². The number of nitrogens with two attached hydrogens (primary N) is 2. The van der Waals surface area contributed by atoms with Crippen molar-refractivity contribution in [2.45, 2.75) is 6.42 Å². The van der Waals surface area contributed by atoms with E-state index in [1.165, 1.54) is 0 Å². The predicted molar refractivity (Wildman–Crippen MR) is 63.4 cm³/mol. The van der Waals surface area contributed by atoms with Crippen molar-refractivity contribution in [1.82, 2.24) is 0 Å². The molecule has 1 aromatic rings. The van der Waals surface area contributed by atoms with Crippen LogP contribution in [0.4, 0.5) is 0 Å². The van der Waals surface area contributed by atoms with Crippen molar-refractivity contribution in [2.24, 2.45) is 17.4 Å². The number of methoxy groups -OCH3 is 1. The number of ether oxygens (including phenoxy) is 1. The number of primary amides is 1. The molecule has 4 nitrogen and oxygen atoms in total. The molecule has 0 fully saturated rings. The quantitative estimate of drug-likeness (QED) is 0.807. The maximum atomic E-state index is 11.1. The molecule has 1 rings (SSSR count). The first-order valence-electron chi connectivity index (χ1n) is 4.90. The van der Waals surface area contributed by atoms with Gasteiger partial charge in [0.15, 0.2) is 0 Å². The predicted octanol–water partition coefficient (Wildman–Crippen LogP) is 0.951. The molecule has 1 atom stereocenters. The molecule has 0 aliphatic carbocycles. The Kier molecular flexibility index (Phi) is 4.58. The maximum absolute atomic E-state index is 11.1. The second kappa shape index (κ2) is 5.72. The third kappa shape index (κ3) is 3.12. The standard InChI is InChI=1S/C11H15ClN2O2/c1-16-10-3-2-9(12)5-7(10)4-8(6-13)11(14)15/h2-3,5,8H,4,6,13H2,1H3,(H2,14,15)/t8-/m0/s1. The average Bonchev–Trinajstić information content (AvgIpc) is 2.25. The highest BCUT2D eigenvalue weighted by molar-refractivity contribution is 6.30. The van der Waals surface area contributed by atoms with Gasteiger partial charge in [0.05, 0.1) is 13.0 Å². The monoisotopic (exact) mass is 242 g/mol. The Bertz CT molecular complexity index is 382. The van der Waals surface area contributed by atoms with Crippen LogP contribution in [0.3, 0.4) is 0 Å². The number of rotatable bonds is 5. The molecule has 1 amide bonds. The highest BCUT2D eigenvalue weighted by Gasteiger charge is 2.16. The fourth-order valence-corrected chi connectivity index (χ4v) is 1.67. The van der Waals surface area contributed by atoms with Gasteiger partial charge in [0.2, 0.25) is 5.91 Å². The number of benzene rings is 1. The van der Waals surface area contributed by atoms with Crippen LogP contribution in [0.2, 0.25) is 5.02 Å². The molecule has 0 saturated carbocycles. The molecule has 1 aromatic carbocycles. The van der Waals surface area contributed by atoms with E-state index in [1.54, 1.807) is 25.3 Å². The van der Waals surface area contributed by atoms with Gasteiger partial charge in [0, 0.05) is 11.6 Å². The number of hydrogen-bond acceptors (Lipinski definition) is 3. The molecule has 0 radical (unpaired) electrons. The zero-order valence-electron chi connectivity index (χ0n) is 9.07. The Hall–Kier alpha value is -1.26. The summed E-state index contributed by atoms with van der Waals surface area (Å²) in [5.41, 5.74) is 11.5. The molecule has 0 aromatic heterocycles. The number of amides is 1. The number of hydrogen-bond donors (Lipinski definition) is 2. The molecule has 5 heteroatoms. The van der Waals surface area contributed by atoms with E-state index in [2.05, 4.69) is 0 Å². The van der Waals surface area contributed by atoms with Crippen LogP contribution < -0.4 is 16.2 Å². The minimum atomic E-state index is -0.412. The van der Waals surface area contributed by atoms with Gasteiger partial charge < -0.3 is 16.2 Å². The SMILES string of the molecule is COc1ccc(Cl)cc1C[C@@H](CN)C(N)=O. The van der Waals surface area contributed by atoms with Gasteiger partial charge in [-0.25, -0.2) is 0 Å². The van der Waals surface area contributed by atoms with Gasteiger partial charge in [-0.05, 0) is 30.2 Å². The van der Waals surface area contributed by atoms with Crippen LogP contribution in [0.5, 0.6) is 5.75 Å². The van der Waals surface area contributed by atoms with Gasteiger partial charge in [-0.1, -0.05) is 11.6 Å². The van der Waals surface area contributed by atoms with Crippen LogP contribution in [-0.4, -0.2) is 19.6 Å². The number of carbonyl (C=O) groups excluding carboxylic acids is 1. The van der Waals surface area contributed by atoms with E-state index in [9.17, 15) is 4.79 Å². The first-order chi connectivity index (χ1) is 7.58. The first kappa shape index (κ1) is 12.8. The summed E-state index contributed by atoms with van der Waals surface area (Å²) < 4.78 is 5.17. The Labute approximate surface area is 99.5 Å². The summed E-state index contributed by atoms with van der Waals surface area (Å²) in [6.45, 7) is 0.213. The van der Waals surface area contributed by atoms with Crippen LogP contribution in [0.25, 0.3) is 0 Å². The Balaban J connectivity index is 2.93. The summed E-state index contributed by atoms with van der Waals surface area (Å²) in [6.07, 6.45) is 0.440. The van der Waals surface area contributed by atoms with Crippen molar-refractivity contribution in [3.63, 3.8) is 0 Å². The van der Waals surface area contributed by atoms with Gasteiger partial charge in [0.25, 0.3) is 0 Å². The van der Waals surface area contributed by atoms with Crippen molar-refractivity contribution >= 4 is 17.5 Å². The molecular weight excluding hydrogens is 228 g/mol. The summed E-state index contributed by atoms with van der Waals surface area (Å²) in [7, 11) is 1.56. The van der Waals surface area contributed by atoms with E-state index in [1.807, 2.05) is 0 Å². The van der Waals surface area contributed by atoms with Crippen molar-refractivity contribution in [1.29, 1.82) is 0 Å². The smallest absolute Gasteiger partial charge is 0.222 e. The zero-order chi connectivity index (χ0) is 12.1. The topological polar surface area (TPSA) is 78.3 Å². The van der Waals surface area contributed by atoms with E-state index in [0.29, 0.717) is 17.2 Å². The average molecular weight is 243 g/mol. The van der Waals surface area contributed by atoms with Crippen molar-refractivity contribution in [3.05, 3.63) is 28.8 Å². The normalized spacial score (nSPS) is 12.2. The third-order valence-electron chi connectivity index (χ3n) is 2.40. The molecular formula is C11H15ClN2O2. The van der Waals surface area contributed by atoms with Crippen LogP contribution in [0.15, 0.2) is 18.2 Å². The molecule has 0 saturated heterocycles. The lowest BCUT2D eigenvalue weighted by atomic mass is 9.98. The fraction of sp³-hybridized carbons (Fsp3) is 0.364. The maximum Gasteiger partial charge on any atom is 0.222 e. The Morgan fingerprint density at radius 3 is 2.75 bits per heavy atom. The third-order valence-corrected chi connectivity index (χ3v) is 2.63. The lowest BCUT2D eigenvalue weighted by molar-refractivity contribution is -0.121. The molecule has 0 heterocycles. The number of carbonyl (C=O) groups is 1. The van der Waals surface area contributed by atoms with Gasteiger partial charge in [-0.15, -0.1) is 0 Å². The van der Waals surface area contributed by atoms with E-state index < -0.39 is 11.8 Å². The lowest BCUT2D eigenvalue weighted by Crippen LogP contribution is -2.31. The van der Waals surface area contributed by atoms with Crippen molar-refractivity contribution in [2.75, 3.05) is 13.7 Å². The lowest BCUT2D eigenvalue weighted by Gasteiger charge is -2.13. The Morgan fingerprint density at radius 2 is 2.25 bits per heavy atom. The summed E-state index contributed by atoms with van der Waals surface area (Å²) in [6, 6.07) is 5.24. The molecule has 0 bridgehead atoms. The van der Waals surface area contributed by atoms with Gasteiger partial charge in [0.1, 0.15) is 5.75 Å².